The first-order valence-electron chi connectivity index (χ1n) is 11.1. The lowest BCUT2D eigenvalue weighted by atomic mass is 10.0. The molecule has 1 aliphatic heterocycles. The molecule has 1 saturated heterocycles. The Labute approximate surface area is 198 Å². The van der Waals surface area contributed by atoms with Gasteiger partial charge in [-0.2, -0.15) is 0 Å². The fourth-order valence-electron chi connectivity index (χ4n) is 4.20. The van der Waals surface area contributed by atoms with Crippen molar-refractivity contribution in [2.24, 2.45) is 0 Å². The Hall–Kier alpha value is -4.01. The third-order valence-corrected chi connectivity index (χ3v) is 6.01. The first kappa shape index (κ1) is 23.2. The number of anilines is 1. The lowest BCUT2D eigenvalue weighted by Crippen LogP contribution is -2.49. The van der Waals surface area contributed by atoms with Gasteiger partial charge in [0, 0.05) is 61.6 Å². The SMILES string of the molecule is COc1cccc(Cc2c(C)nc(C)nc2N2CCN(C(=O)c3ccc([N+](=O)[O-])cc3)CC2)c1. The minimum atomic E-state index is -0.470. The van der Waals surface area contributed by atoms with Gasteiger partial charge in [-0.3, -0.25) is 14.9 Å². The molecule has 9 heteroatoms. The van der Waals surface area contributed by atoms with E-state index < -0.39 is 4.92 Å². The topological polar surface area (TPSA) is 102 Å². The van der Waals surface area contributed by atoms with Crippen molar-refractivity contribution < 1.29 is 14.5 Å². The van der Waals surface area contributed by atoms with Crippen LogP contribution in [-0.2, 0) is 6.42 Å². The van der Waals surface area contributed by atoms with Crippen molar-refractivity contribution in [3.05, 3.63) is 86.9 Å². The lowest BCUT2D eigenvalue weighted by Gasteiger charge is -2.36. The van der Waals surface area contributed by atoms with E-state index in [1.54, 1.807) is 12.0 Å². The molecule has 9 nitrogen and oxygen atoms in total. The molecule has 1 fully saturated rings. The number of hydrogen-bond acceptors (Lipinski definition) is 7. The molecule has 0 bridgehead atoms. The number of carbonyl (C=O) groups is 1. The van der Waals surface area contributed by atoms with Crippen LogP contribution in [-0.4, -0.2) is 59.0 Å². The second kappa shape index (κ2) is 9.86. The van der Waals surface area contributed by atoms with Crippen LogP contribution in [0.15, 0.2) is 48.5 Å². The zero-order chi connectivity index (χ0) is 24.2. The van der Waals surface area contributed by atoms with Gasteiger partial charge in [-0.05, 0) is 43.7 Å². The standard InChI is InChI=1S/C25H27N5O4/c1-17-23(16-19-5-4-6-22(15-19)34-3)24(27-18(2)26-17)28-11-13-29(14-12-28)25(31)20-7-9-21(10-8-20)30(32)33/h4-10,15H,11-14,16H2,1-3H3. The summed E-state index contributed by atoms with van der Waals surface area (Å²) >= 11 is 0. The number of hydrogen-bond donors (Lipinski definition) is 0. The third kappa shape index (κ3) is 4.98. The van der Waals surface area contributed by atoms with Crippen molar-refractivity contribution in [1.29, 1.82) is 0 Å². The molecule has 0 unspecified atom stereocenters. The van der Waals surface area contributed by atoms with Gasteiger partial charge >= 0.3 is 0 Å². The van der Waals surface area contributed by atoms with Crippen LogP contribution in [0.2, 0.25) is 0 Å². The molecule has 0 atom stereocenters. The van der Waals surface area contributed by atoms with Gasteiger partial charge in [0.25, 0.3) is 11.6 Å². The second-order valence-corrected chi connectivity index (χ2v) is 8.27. The number of non-ortho nitro benzene ring substituents is 1. The second-order valence-electron chi connectivity index (χ2n) is 8.27. The molecule has 0 radical (unpaired) electrons. The Balaban J connectivity index is 1.50. The van der Waals surface area contributed by atoms with E-state index in [4.69, 9.17) is 9.72 Å². The van der Waals surface area contributed by atoms with E-state index in [1.165, 1.54) is 24.3 Å². The molecular formula is C25H27N5O4. The smallest absolute Gasteiger partial charge is 0.269 e. The summed E-state index contributed by atoms with van der Waals surface area (Å²) in [6.07, 6.45) is 0.681. The summed E-state index contributed by atoms with van der Waals surface area (Å²) in [6.45, 7) is 6.24. The van der Waals surface area contributed by atoms with Crippen LogP contribution in [0.1, 0.15) is 33.0 Å². The van der Waals surface area contributed by atoms with E-state index in [2.05, 4.69) is 16.0 Å². The summed E-state index contributed by atoms with van der Waals surface area (Å²) in [4.78, 5) is 36.6. The molecule has 34 heavy (non-hydrogen) atoms. The normalized spacial score (nSPS) is 13.6. The number of rotatable bonds is 6. The van der Waals surface area contributed by atoms with Gasteiger partial charge in [-0.1, -0.05) is 12.1 Å². The minimum Gasteiger partial charge on any atom is -0.497 e. The minimum absolute atomic E-state index is 0.0283. The average molecular weight is 462 g/mol. The molecule has 3 aromatic rings. The van der Waals surface area contributed by atoms with Gasteiger partial charge in [-0.25, -0.2) is 9.97 Å². The Morgan fingerprint density at radius 3 is 2.41 bits per heavy atom. The Kier molecular flexibility index (Phi) is 6.72. The van der Waals surface area contributed by atoms with Gasteiger partial charge in [0.2, 0.25) is 0 Å². The zero-order valence-electron chi connectivity index (χ0n) is 19.5. The number of aryl methyl sites for hydroxylation is 2. The Morgan fingerprint density at radius 2 is 1.76 bits per heavy atom. The molecule has 0 spiro atoms. The predicted molar refractivity (Wildman–Crippen MR) is 129 cm³/mol. The molecule has 0 N–H and O–H groups in total. The number of piperazine rings is 1. The first-order chi connectivity index (χ1) is 16.4. The van der Waals surface area contributed by atoms with E-state index in [9.17, 15) is 14.9 Å². The van der Waals surface area contributed by atoms with Crippen molar-refractivity contribution >= 4 is 17.4 Å². The summed E-state index contributed by atoms with van der Waals surface area (Å²) in [5, 5.41) is 10.9. The number of ether oxygens (including phenoxy) is 1. The monoisotopic (exact) mass is 461 g/mol. The number of methoxy groups -OCH3 is 1. The van der Waals surface area contributed by atoms with E-state index in [1.807, 2.05) is 32.0 Å². The number of amides is 1. The largest absolute Gasteiger partial charge is 0.497 e. The van der Waals surface area contributed by atoms with Gasteiger partial charge < -0.3 is 14.5 Å². The molecule has 1 aliphatic rings. The highest BCUT2D eigenvalue weighted by Crippen LogP contribution is 2.26. The quantitative estimate of drug-likeness (QED) is 0.408. The molecule has 4 rings (SSSR count). The lowest BCUT2D eigenvalue weighted by molar-refractivity contribution is -0.384. The highest BCUT2D eigenvalue weighted by Gasteiger charge is 2.26. The van der Waals surface area contributed by atoms with Crippen LogP contribution in [0.4, 0.5) is 11.5 Å². The van der Waals surface area contributed by atoms with Crippen molar-refractivity contribution in [1.82, 2.24) is 14.9 Å². The molecule has 176 valence electrons. The number of nitro benzene ring substituents is 1. The average Bonchev–Trinajstić information content (AvgIpc) is 2.85. The van der Waals surface area contributed by atoms with Crippen LogP contribution in [0.5, 0.6) is 5.75 Å². The molecular weight excluding hydrogens is 434 g/mol. The highest BCUT2D eigenvalue weighted by atomic mass is 16.6. The fraction of sp³-hybridized carbons (Fsp3) is 0.320. The maximum atomic E-state index is 12.9. The highest BCUT2D eigenvalue weighted by molar-refractivity contribution is 5.94. The summed E-state index contributed by atoms with van der Waals surface area (Å²) in [6, 6.07) is 13.7. The third-order valence-electron chi connectivity index (χ3n) is 6.01. The predicted octanol–water partition coefficient (Wildman–Crippen LogP) is 3.56. The van der Waals surface area contributed by atoms with Crippen LogP contribution in [0, 0.1) is 24.0 Å². The summed E-state index contributed by atoms with van der Waals surface area (Å²) in [7, 11) is 1.66. The summed E-state index contributed by atoms with van der Waals surface area (Å²) < 4.78 is 5.36. The molecule has 0 saturated carbocycles. The van der Waals surface area contributed by atoms with E-state index in [-0.39, 0.29) is 11.6 Å². The van der Waals surface area contributed by atoms with Crippen LogP contribution in [0.3, 0.4) is 0 Å². The Morgan fingerprint density at radius 1 is 1.06 bits per heavy atom. The molecule has 1 amide bonds. The fourth-order valence-corrected chi connectivity index (χ4v) is 4.20. The van der Waals surface area contributed by atoms with Crippen molar-refractivity contribution in [2.45, 2.75) is 20.3 Å². The van der Waals surface area contributed by atoms with Gasteiger partial charge in [0.1, 0.15) is 17.4 Å². The number of benzene rings is 2. The van der Waals surface area contributed by atoms with E-state index in [0.717, 1.165) is 28.4 Å². The van der Waals surface area contributed by atoms with Crippen LogP contribution < -0.4 is 9.64 Å². The summed E-state index contributed by atoms with van der Waals surface area (Å²) in [5.74, 6) is 2.30. The number of carbonyl (C=O) groups excluding carboxylic acids is 1. The van der Waals surface area contributed by atoms with Crippen molar-refractivity contribution in [3.63, 3.8) is 0 Å². The Bertz CT molecular complexity index is 1200. The van der Waals surface area contributed by atoms with Gasteiger partial charge in [0.15, 0.2) is 0 Å². The zero-order valence-corrected chi connectivity index (χ0v) is 19.5. The molecule has 1 aromatic heterocycles. The number of nitrogens with zero attached hydrogens (tertiary/aromatic N) is 5. The molecule has 0 aliphatic carbocycles. The van der Waals surface area contributed by atoms with Crippen LogP contribution >= 0.6 is 0 Å². The van der Waals surface area contributed by atoms with Crippen LogP contribution in [0.25, 0.3) is 0 Å². The maximum absolute atomic E-state index is 12.9. The molecule has 2 aromatic carbocycles. The van der Waals surface area contributed by atoms with E-state index in [0.29, 0.717) is 44.0 Å². The maximum Gasteiger partial charge on any atom is 0.269 e. The first-order valence-corrected chi connectivity index (χ1v) is 11.1. The number of nitro groups is 1. The van der Waals surface area contributed by atoms with Gasteiger partial charge in [0.05, 0.1) is 12.0 Å². The summed E-state index contributed by atoms with van der Waals surface area (Å²) in [5.41, 5.74) is 3.54. The van der Waals surface area contributed by atoms with E-state index >= 15 is 0 Å². The van der Waals surface area contributed by atoms with Crippen molar-refractivity contribution in [3.8, 4) is 5.75 Å². The van der Waals surface area contributed by atoms with Gasteiger partial charge in [-0.15, -0.1) is 0 Å². The molecule has 2 heterocycles. The number of aromatic nitrogens is 2. The van der Waals surface area contributed by atoms with Crippen molar-refractivity contribution in [2.75, 3.05) is 38.2 Å².